The largest absolute Gasteiger partial charge is 0.444 e. The van der Waals surface area contributed by atoms with Crippen molar-refractivity contribution in [2.45, 2.75) is 45.8 Å². The van der Waals surface area contributed by atoms with Gasteiger partial charge in [0.25, 0.3) is 0 Å². The fraction of sp³-hybridized carbons (Fsp3) is 0.909. The molecule has 0 aromatic carbocycles. The third kappa shape index (κ3) is 5.56. The summed E-state index contributed by atoms with van der Waals surface area (Å²) in [5.41, 5.74) is -0.416. The van der Waals surface area contributed by atoms with Crippen LogP contribution < -0.4 is 10.6 Å². The van der Waals surface area contributed by atoms with E-state index in [1.54, 1.807) is 0 Å². The van der Waals surface area contributed by atoms with Crippen LogP contribution in [0.3, 0.4) is 0 Å². The van der Waals surface area contributed by atoms with Crippen LogP contribution >= 0.6 is 12.4 Å². The number of nitrogens with one attached hydrogen (secondary N) is 2. The lowest BCUT2D eigenvalue weighted by Gasteiger charge is -2.31. The normalized spacial score (nSPS) is 25.5. The minimum Gasteiger partial charge on any atom is -0.444 e. The van der Waals surface area contributed by atoms with Gasteiger partial charge in [-0.05, 0) is 46.2 Å². The van der Waals surface area contributed by atoms with Crippen molar-refractivity contribution in [2.24, 2.45) is 5.92 Å². The molecule has 5 heteroatoms. The van der Waals surface area contributed by atoms with E-state index in [1.807, 2.05) is 20.8 Å². The summed E-state index contributed by atoms with van der Waals surface area (Å²) in [5.74, 6) is 0.464. The van der Waals surface area contributed by atoms with Gasteiger partial charge in [0.2, 0.25) is 0 Å². The van der Waals surface area contributed by atoms with E-state index in [-0.39, 0.29) is 24.5 Å². The van der Waals surface area contributed by atoms with Gasteiger partial charge < -0.3 is 15.4 Å². The summed E-state index contributed by atoms with van der Waals surface area (Å²) in [6.07, 6.45) is 0.668. The highest BCUT2D eigenvalue weighted by Gasteiger charge is 2.25. The minimum atomic E-state index is -0.416. The second kappa shape index (κ2) is 6.30. The van der Waals surface area contributed by atoms with Crippen molar-refractivity contribution >= 4 is 18.5 Å². The molecule has 0 saturated carbocycles. The maximum absolute atomic E-state index is 11.5. The topological polar surface area (TPSA) is 50.4 Å². The van der Waals surface area contributed by atoms with Crippen molar-refractivity contribution in [1.29, 1.82) is 0 Å². The molecule has 16 heavy (non-hydrogen) atoms. The SMILES string of the molecule is C[C@@H]1CNCC[C@H]1NC(=O)OC(C)(C)C.Cl. The van der Waals surface area contributed by atoms with E-state index >= 15 is 0 Å². The van der Waals surface area contributed by atoms with Crippen molar-refractivity contribution in [1.82, 2.24) is 10.6 Å². The summed E-state index contributed by atoms with van der Waals surface area (Å²) < 4.78 is 5.22. The first-order chi connectivity index (χ1) is 6.88. The number of rotatable bonds is 1. The Bertz CT molecular complexity index is 229. The summed E-state index contributed by atoms with van der Waals surface area (Å²) in [6, 6.07) is 0.237. The number of hydrogen-bond donors (Lipinski definition) is 2. The fourth-order valence-electron chi connectivity index (χ4n) is 1.69. The van der Waals surface area contributed by atoms with E-state index < -0.39 is 5.60 Å². The first kappa shape index (κ1) is 15.5. The molecule has 0 bridgehead atoms. The number of piperidine rings is 1. The molecular weight excluding hydrogens is 228 g/mol. The van der Waals surface area contributed by atoms with E-state index in [0.29, 0.717) is 5.92 Å². The summed E-state index contributed by atoms with van der Waals surface area (Å²) >= 11 is 0. The molecule has 96 valence electrons. The molecule has 1 aliphatic rings. The molecule has 2 N–H and O–H groups in total. The van der Waals surface area contributed by atoms with E-state index in [2.05, 4.69) is 17.6 Å². The minimum absolute atomic E-state index is 0. The highest BCUT2D eigenvalue weighted by molar-refractivity contribution is 5.85. The lowest BCUT2D eigenvalue weighted by Crippen LogP contribution is -2.49. The van der Waals surface area contributed by atoms with Gasteiger partial charge in [-0.1, -0.05) is 6.92 Å². The summed E-state index contributed by atoms with van der Waals surface area (Å²) in [4.78, 5) is 11.5. The summed E-state index contributed by atoms with van der Waals surface area (Å²) in [7, 11) is 0. The number of hydrogen-bond acceptors (Lipinski definition) is 3. The standard InChI is InChI=1S/C11H22N2O2.ClH/c1-8-7-12-6-5-9(8)13-10(14)15-11(2,3)4;/h8-9,12H,5-7H2,1-4H3,(H,13,14);1H/t8-,9-;/m1./s1. The van der Waals surface area contributed by atoms with Gasteiger partial charge in [0.15, 0.2) is 0 Å². The molecule has 0 aliphatic carbocycles. The molecule has 1 heterocycles. The number of ether oxygens (including phenoxy) is 1. The van der Waals surface area contributed by atoms with Crippen LogP contribution in [0.25, 0.3) is 0 Å². The average molecular weight is 251 g/mol. The first-order valence-electron chi connectivity index (χ1n) is 5.59. The maximum Gasteiger partial charge on any atom is 0.407 e. The average Bonchev–Trinajstić information content (AvgIpc) is 2.05. The van der Waals surface area contributed by atoms with Crippen LogP contribution in [0.1, 0.15) is 34.1 Å². The molecule has 1 aliphatic heterocycles. The molecule has 0 aromatic heterocycles. The molecule has 1 fully saturated rings. The highest BCUT2D eigenvalue weighted by atomic mass is 35.5. The van der Waals surface area contributed by atoms with E-state index in [0.717, 1.165) is 19.5 Å². The van der Waals surface area contributed by atoms with Crippen LogP contribution in [0.5, 0.6) is 0 Å². The number of halogens is 1. The van der Waals surface area contributed by atoms with Crippen LogP contribution in [-0.4, -0.2) is 30.8 Å². The van der Waals surface area contributed by atoms with E-state index in [1.165, 1.54) is 0 Å². The molecule has 0 spiro atoms. The van der Waals surface area contributed by atoms with Crippen LogP contribution in [0, 0.1) is 5.92 Å². The van der Waals surface area contributed by atoms with Crippen molar-refractivity contribution in [3.05, 3.63) is 0 Å². The molecule has 0 unspecified atom stereocenters. The van der Waals surface area contributed by atoms with Gasteiger partial charge in [-0.3, -0.25) is 0 Å². The monoisotopic (exact) mass is 250 g/mol. The van der Waals surface area contributed by atoms with Gasteiger partial charge in [0, 0.05) is 6.04 Å². The van der Waals surface area contributed by atoms with Crippen molar-refractivity contribution in [3.8, 4) is 0 Å². The zero-order chi connectivity index (χ0) is 11.5. The molecule has 1 saturated heterocycles. The van der Waals surface area contributed by atoms with E-state index in [4.69, 9.17) is 4.74 Å². The van der Waals surface area contributed by atoms with Gasteiger partial charge in [-0.15, -0.1) is 12.4 Å². The summed E-state index contributed by atoms with van der Waals surface area (Å²) in [5, 5.41) is 6.22. The third-order valence-electron chi connectivity index (χ3n) is 2.49. The Balaban J connectivity index is 0.00000225. The smallest absolute Gasteiger partial charge is 0.407 e. The number of amides is 1. The number of carbonyl (C=O) groups is 1. The quantitative estimate of drug-likeness (QED) is 0.748. The van der Waals surface area contributed by atoms with Crippen LogP contribution in [0.15, 0.2) is 0 Å². The molecule has 0 aromatic rings. The number of alkyl carbamates (subject to hydrolysis) is 1. The fourth-order valence-corrected chi connectivity index (χ4v) is 1.69. The third-order valence-corrected chi connectivity index (χ3v) is 2.49. The van der Waals surface area contributed by atoms with Gasteiger partial charge in [-0.2, -0.15) is 0 Å². The predicted molar refractivity (Wildman–Crippen MR) is 67.1 cm³/mol. The molecule has 4 nitrogen and oxygen atoms in total. The van der Waals surface area contributed by atoms with Crippen LogP contribution in [0.4, 0.5) is 4.79 Å². The zero-order valence-electron chi connectivity index (χ0n) is 10.5. The molecule has 1 amide bonds. The van der Waals surface area contributed by atoms with E-state index in [9.17, 15) is 4.79 Å². The Morgan fingerprint density at radius 1 is 1.44 bits per heavy atom. The molecule has 2 atom stereocenters. The Hall–Kier alpha value is -0.480. The summed E-state index contributed by atoms with van der Waals surface area (Å²) in [6.45, 7) is 9.68. The first-order valence-corrected chi connectivity index (χ1v) is 5.59. The van der Waals surface area contributed by atoms with Crippen molar-refractivity contribution in [3.63, 3.8) is 0 Å². The second-order valence-corrected chi connectivity index (χ2v) is 5.22. The Morgan fingerprint density at radius 2 is 2.06 bits per heavy atom. The van der Waals surface area contributed by atoms with Crippen molar-refractivity contribution in [2.75, 3.05) is 13.1 Å². The van der Waals surface area contributed by atoms with Crippen molar-refractivity contribution < 1.29 is 9.53 Å². The lowest BCUT2D eigenvalue weighted by molar-refractivity contribution is 0.0477. The van der Waals surface area contributed by atoms with Gasteiger partial charge in [0.1, 0.15) is 5.60 Å². The van der Waals surface area contributed by atoms with Gasteiger partial charge in [0.05, 0.1) is 0 Å². The molecular formula is C11H23ClN2O2. The van der Waals surface area contributed by atoms with Gasteiger partial charge >= 0.3 is 6.09 Å². The van der Waals surface area contributed by atoms with Crippen LogP contribution in [0.2, 0.25) is 0 Å². The highest BCUT2D eigenvalue weighted by Crippen LogP contribution is 2.12. The van der Waals surface area contributed by atoms with Crippen LogP contribution in [-0.2, 0) is 4.74 Å². The predicted octanol–water partition coefficient (Wildman–Crippen LogP) is 1.93. The van der Waals surface area contributed by atoms with Gasteiger partial charge in [-0.25, -0.2) is 4.79 Å². The number of carbonyl (C=O) groups excluding carboxylic acids is 1. The Labute approximate surface area is 104 Å². The maximum atomic E-state index is 11.5. The Kier molecular flexibility index (Phi) is 6.11. The Morgan fingerprint density at radius 3 is 2.56 bits per heavy atom. The zero-order valence-corrected chi connectivity index (χ0v) is 11.3. The molecule has 1 rings (SSSR count). The lowest BCUT2D eigenvalue weighted by atomic mass is 9.96. The molecule has 0 radical (unpaired) electrons. The second-order valence-electron chi connectivity index (χ2n) is 5.22.